The maximum atomic E-state index is 12.1. The Morgan fingerprint density at radius 3 is 2.53 bits per heavy atom. The largest absolute Gasteiger partial charge is 0.481 e. The Morgan fingerprint density at radius 2 is 2.05 bits per heavy atom. The van der Waals surface area contributed by atoms with E-state index in [1.54, 1.807) is 4.90 Å². The first-order valence-electron chi connectivity index (χ1n) is 6.38. The molecule has 0 aromatic carbocycles. The summed E-state index contributed by atoms with van der Waals surface area (Å²) in [4.78, 5) is 33.0. The summed E-state index contributed by atoms with van der Waals surface area (Å²) in [7, 11) is 0. The van der Waals surface area contributed by atoms with E-state index in [0.29, 0.717) is 38.0 Å². The number of piperidine rings is 1. The Labute approximate surface area is 111 Å². The molecule has 0 radical (unpaired) electrons. The van der Waals surface area contributed by atoms with Crippen LogP contribution in [-0.2, 0) is 4.79 Å². The number of aliphatic carboxylic acids is 1. The average Bonchev–Trinajstić information content (AvgIpc) is 2.47. The minimum absolute atomic E-state index is 0.178. The lowest BCUT2D eigenvalue weighted by Gasteiger charge is -2.38. The maximum absolute atomic E-state index is 12.1. The molecule has 0 spiro atoms. The number of aromatic nitrogens is 2. The first kappa shape index (κ1) is 13.5. The summed E-state index contributed by atoms with van der Waals surface area (Å²) in [6, 6.07) is 0. The molecule has 0 unspecified atom stereocenters. The van der Waals surface area contributed by atoms with Gasteiger partial charge < -0.3 is 10.0 Å². The average molecular weight is 263 g/mol. The molecule has 1 fully saturated rings. The van der Waals surface area contributed by atoms with Gasteiger partial charge in [-0.2, -0.15) is 0 Å². The Kier molecular flexibility index (Phi) is 3.78. The number of carboxylic acids is 1. The number of carboxylic acid groups (broad SMARTS) is 1. The van der Waals surface area contributed by atoms with Crippen molar-refractivity contribution in [2.75, 3.05) is 13.1 Å². The number of carbonyl (C=O) groups excluding carboxylic acids is 1. The lowest BCUT2D eigenvalue weighted by atomic mass is 9.76. The van der Waals surface area contributed by atoms with Crippen LogP contribution in [0.25, 0.3) is 0 Å². The summed E-state index contributed by atoms with van der Waals surface area (Å²) in [6.45, 7) is 2.79. The molecule has 1 aromatic rings. The molecule has 1 aliphatic rings. The second-order valence-corrected chi connectivity index (χ2v) is 4.82. The molecule has 1 N–H and O–H groups in total. The molecule has 0 bridgehead atoms. The number of nitrogens with zero attached hydrogens (tertiary/aromatic N) is 3. The lowest BCUT2D eigenvalue weighted by Crippen LogP contribution is -2.46. The van der Waals surface area contributed by atoms with Gasteiger partial charge in [-0.05, 0) is 19.3 Å². The Balaban J connectivity index is 2.04. The van der Waals surface area contributed by atoms with Crippen molar-refractivity contribution >= 4 is 11.9 Å². The van der Waals surface area contributed by atoms with Gasteiger partial charge in [-0.25, -0.2) is 4.98 Å². The molecule has 0 saturated carbocycles. The van der Waals surface area contributed by atoms with Gasteiger partial charge in [0, 0.05) is 25.5 Å². The van der Waals surface area contributed by atoms with Crippen molar-refractivity contribution in [2.24, 2.45) is 5.41 Å². The van der Waals surface area contributed by atoms with Crippen LogP contribution < -0.4 is 0 Å². The predicted molar refractivity (Wildman–Crippen MR) is 67.5 cm³/mol. The first-order chi connectivity index (χ1) is 9.09. The van der Waals surface area contributed by atoms with Crippen molar-refractivity contribution in [1.29, 1.82) is 0 Å². The zero-order chi connectivity index (χ0) is 13.9. The van der Waals surface area contributed by atoms with Crippen molar-refractivity contribution < 1.29 is 14.7 Å². The van der Waals surface area contributed by atoms with E-state index in [0.717, 1.165) is 0 Å². The number of hydrogen-bond acceptors (Lipinski definition) is 4. The van der Waals surface area contributed by atoms with E-state index < -0.39 is 11.4 Å². The van der Waals surface area contributed by atoms with E-state index in [-0.39, 0.29) is 5.91 Å². The molecule has 0 atom stereocenters. The number of likely N-dealkylation sites (tertiary alicyclic amines) is 1. The number of hydrogen-bond donors (Lipinski definition) is 1. The summed E-state index contributed by atoms with van der Waals surface area (Å²) < 4.78 is 0. The zero-order valence-electron chi connectivity index (χ0n) is 10.9. The fourth-order valence-electron chi connectivity index (χ4n) is 2.43. The second kappa shape index (κ2) is 5.34. The molecule has 1 amide bonds. The van der Waals surface area contributed by atoms with Gasteiger partial charge in [0.2, 0.25) is 0 Å². The number of amides is 1. The number of carbonyl (C=O) groups is 2. The normalized spacial score (nSPS) is 18.1. The lowest BCUT2D eigenvalue weighted by molar-refractivity contribution is -0.152. The van der Waals surface area contributed by atoms with E-state index in [1.165, 1.54) is 18.6 Å². The van der Waals surface area contributed by atoms with Crippen LogP contribution in [0.2, 0.25) is 0 Å². The van der Waals surface area contributed by atoms with Gasteiger partial charge in [-0.1, -0.05) is 6.92 Å². The fraction of sp³-hybridized carbons (Fsp3) is 0.538. The minimum atomic E-state index is -0.762. The summed E-state index contributed by atoms with van der Waals surface area (Å²) in [5, 5.41) is 9.30. The van der Waals surface area contributed by atoms with Crippen LogP contribution in [0.1, 0.15) is 36.7 Å². The van der Waals surface area contributed by atoms with E-state index >= 15 is 0 Å². The third kappa shape index (κ3) is 2.57. The highest BCUT2D eigenvalue weighted by Crippen LogP contribution is 2.35. The molecule has 19 heavy (non-hydrogen) atoms. The summed E-state index contributed by atoms with van der Waals surface area (Å²) >= 11 is 0. The van der Waals surface area contributed by atoms with Crippen LogP contribution in [0.15, 0.2) is 18.6 Å². The molecule has 1 aromatic heterocycles. The van der Waals surface area contributed by atoms with Gasteiger partial charge in [0.05, 0.1) is 11.6 Å². The van der Waals surface area contributed by atoms with Crippen molar-refractivity contribution in [2.45, 2.75) is 26.2 Å². The summed E-state index contributed by atoms with van der Waals surface area (Å²) in [6.07, 6.45) is 6.00. The van der Waals surface area contributed by atoms with Crippen LogP contribution in [-0.4, -0.2) is 44.9 Å². The van der Waals surface area contributed by atoms with Crippen LogP contribution in [0.3, 0.4) is 0 Å². The highest BCUT2D eigenvalue weighted by Gasteiger charge is 2.41. The van der Waals surface area contributed by atoms with Crippen LogP contribution in [0, 0.1) is 5.41 Å². The Hall–Kier alpha value is -1.98. The Bertz CT molecular complexity index is 467. The number of rotatable bonds is 3. The Morgan fingerprint density at radius 1 is 1.37 bits per heavy atom. The van der Waals surface area contributed by atoms with Gasteiger partial charge in [0.1, 0.15) is 5.69 Å². The molecule has 6 heteroatoms. The van der Waals surface area contributed by atoms with Gasteiger partial charge in [-0.15, -0.1) is 0 Å². The van der Waals surface area contributed by atoms with Crippen molar-refractivity contribution in [3.05, 3.63) is 24.3 Å². The van der Waals surface area contributed by atoms with Gasteiger partial charge in [-0.3, -0.25) is 14.6 Å². The smallest absolute Gasteiger partial charge is 0.309 e. The van der Waals surface area contributed by atoms with Gasteiger partial charge >= 0.3 is 5.97 Å². The third-order valence-corrected chi connectivity index (χ3v) is 3.92. The highest BCUT2D eigenvalue weighted by atomic mass is 16.4. The van der Waals surface area contributed by atoms with Crippen LogP contribution in [0.4, 0.5) is 0 Å². The molecule has 102 valence electrons. The monoisotopic (exact) mass is 263 g/mol. The molecule has 6 nitrogen and oxygen atoms in total. The first-order valence-corrected chi connectivity index (χ1v) is 6.38. The van der Waals surface area contributed by atoms with Crippen LogP contribution in [0.5, 0.6) is 0 Å². The molecular weight excluding hydrogens is 246 g/mol. The van der Waals surface area contributed by atoms with Crippen molar-refractivity contribution in [3.8, 4) is 0 Å². The van der Waals surface area contributed by atoms with Gasteiger partial charge in [0.25, 0.3) is 5.91 Å². The summed E-state index contributed by atoms with van der Waals surface area (Å²) in [5.41, 5.74) is -0.374. The minimum Gasteiger partial charge on any atom is -0.481 e. The second-order valence-electron chi connectivity index (χ2n) is 4.82. The van der Waals surface area contributed by atoms with E-state index in [9.17, 15) is 14.7 Å². The maximum Gasteiger partial charge on any atom is 0.309 e. The molecule has 1 saturated heterocycles. The third-order valence-electron chi connectivity index (χ3n) is 3.92. The van der Waals surface area contributed by atoms with Gasteiger partial charge in [0.15, 0.2) is 0 Å². The molecular formula is C13H17N3O3. The molecule has 2 heterocycles. The SMILES string of the molecule is CCC1(C(=O)O)CCN(C(=O)c2cnccn2)CC1. The fourth-order valence-corrected chi connectivity index (χ4v) is 2.43. The molecule has 2 rings (SSSR count). The van der Waals surface area contributed by atoms with E-state index in [4.69, 9.17) is 0 Å². The highest BCUT2D eigenvalue weighted by molar-refractivity contribution is 5.92. The van der Waals surface area contributed by atoms with Crippen molar-refractivity contribution in [3.63, 3.8) is 0 Å². The van der Waals surface area contributed by atoms with Crippen LogP contribution >= 0.6 is 0 Å². The topological polar surface area (TPSA) is 83.4 Å². The molecule has 1 aliphatic heterocycles. The predicted octanol–water partition coefficient (Wildman–Crippen LogP) is 1.19. The summed E-state index contributed by atoms with van der Waals surface area (Å²) in [5.74, 6) is -0.940. The zero-order valence-corrected chi connectivity index (χ0v) is 10.9. The van der Waals surface area contributed by atoms with Crippen molar-refractivity contribution in [1.82, 2.24) is 14.9 Å². The quantitative estimate of drug-likeness (QED) is 0.885. The molecule has 0 aliphatic carbocycles. The van der Waals surface area contributed by atoms with E-state index in [2.05, 4.69) is 9.97 Å². The van der Waals surface area contributed by atoms with E-state index in [1.807, 2.05) is 6.92 Å². The standard InChI is InChI=1S/C13H17N3O3/c1-2-13(12(18)19)3-7-16(8-4-13)11(17)10-9-14-5-6-15-10/h5-6,9H,2-4,7-8H2,1H3,(H,18,19).